The molecule has 0 bridgehead atoms. The fraction of sp³-hybridized carbons (Fsp3) is 0.222. The van der Waals surface area contributed by atoms with Crippen molar-refractivity contribution in [2.75, 3.05) is 17.2 Å². The quantitative estimate of drug-likeness (QED) is 0.677. The van der Waals surface area contributed by atoms with E-state index in [0.29, 0.717) is 18.8 Å². The first-order chi connectivity index (χ1) is 10.2. The van der Waals surface area contributed by atoms with Crippen molar-refractivity contribution in [3.63, 3.8) is 0 Å². The minimum atomic E-state index is -0.236. The normalized spacial score (nSPS) is 9.24. The lowest BCUT2D eigenvalue weighted by Gasteiger charge is -2.22. The molecule has 0 fully saturated rings. The molecule has 2 N–H and O–H groups in total. The van der Waals surface area contributed by atoms with Crippen LogP contribution in [-0.2, 0) is 6.54 Å². The highest BCUT2D eigenvalue weighted by molar-refractivity contribution is 5.54. The summed E-state index contributed by atoms with van der Waals surface area (Å²) in [6.07, 6.45) is 5.40. The van der Waals surface area contributed by atoms with Crippen LogP contribution in [0, 0.1) is 18.2 Å². The largest absolute Gasteiger partial charge is 0.399 e. The maximum atomic E-state index is 12.9. The first-order valence-electron chi connectivity index (χ1n) is 6.97. The van der Waals surface area contributed by atoms with Gasteiger partial charge in [0, 0.05) is 17.9 Å². The summed E-state index contributed by atoms with van der Waals surface area (Å²) in [7, 11) is 0. The van der Waals surface area contributed by atoms with E-state index in [-0.39, 0.29) is 5.82 Å². The van der Waals surface area contributed by atoms with Crippen LogP contribution in [0.5, 0.6) is 0 Å². The van der Waals surface area contributed by atoms with Crippen LogP contribution in [0.4, 0.5) is 15.8 Å². The fourth-order valence-corrected chi connectivity index (χ4v) is 1.84. The third-order valence-corrected chi connectivity index (χ3v) is 2.83. The maximum Gasteiger partial charge on any atom is 0.123 e. The number of nitrogens with zero attached hydrogens (tertiary/aromatic N) is 1. The number of rotatable bonds is 4. The molecule has 3 heteroatoms. The second-order valence-electron chi connectivity index (χ2n) is 4.28. The predicted octanol–water partition coefficient (Wildman–Crippen LogP) is 4.07. The van der Waals surface area contributed by atoms with Crippen LogP contribution in [0.3, 0.4) is 0 Å². The van der Waals surface area contributed by atoms with Gasteiger partial charge in [-0.05, 0) is 42.0 Å². The van der Waals surface area contributed by atoms with Crippen LogP contribution in [0.1, 0.15) is 19.4 Å². The van der Waals surface area contributed by atoms with Gasteiger partial charge in [0.05, 0.1) is 6.54 Å². The molecule has 0 spiro atoms. The minimum Gasteiger partial charge on any atom is -0.399 e. The van der Waals surface area contributed by atoms with Crippen LogP contribution >= 0.6 is 0 Å². The zero-order chi connectivity index (χ0) is 15.7. The summed E-state index contributed by atoms with van der Waals surface area (Å²) >= 11 is 0. The van der Waals surface area contributed by atoms with E-state index in [1.54, 1.807) is 12.1 Å². The van der Waals surface area contributed by atoms with Crippen molar-refractivity contribution in [1.82, 2.24) is 0 Å². The van der Waals surface area contributed by atoms with Gasteiger partial charge in [-0.25, -0.2) is 4.39 Å². The molecule has 0 aliphatic rings. The molecule has 0 aliphatic carbocycles. The Morgan fingerprint density at radius 3 is 2.14 bits per heavy atom. The molecule has 2 nitrogen and oxygen atoms in total. The van der Waals surface area contributed by atoms with Crippen molar-refractivity contribution in [2.45, 2.75) is 20.4 Å². The highest BCUT2D eigenvalue weighted by Crippen LogP contribution is 2.18. The highest BCUT2D eigenvalue weighted by atomic mass is 19.1. The minimum absolute atomic E-state index is 0.236. The number of terminal acetylenes is 1. The molecular weight excluding hydrogens is 263 g/mol. The summed E-state index contributed by atoms with van der Waals surface area (Å²) in [5.41, 5.74) is 8.39. The van der Waals surface area contributed by atoms with Crippen molar-refractivity contribution < 1.29 is 4.39 Å². The molecule has 0 atom stereocenters. The van der Waals surface area contributed by atoms with Crippen LogP contribution < -0.4 is 10.6 Å². The third-order valence-electron chi connectivity index (χ3n) is 2.83. The molecule has 2 aromatic rings. The molecule has 0 radical (unpaired) electrons. The van der Waals surface area contributed by atoms with E-state index in [1.165, 1.54) is 12.1 Å². The number of halogens is 1. The number of nitrogens with two attached hydrogens (primary N) is 1. The number of benzene rings is 2. The maximum absolute atomic E-state index is 12.9. The summed E-state index contributed by atoms with van der Waals surface area (Å²) in [5, 5.41) is 0. The fourth-order valence-electron chi connectivity index (χ4n) is 1.84. The van der Waals surface area contributed by atoms with Gasteiger partial charge in [-0.1, -0.05) is 31.9 Å². The predicted molar refractivity (Wildman–Crippen MR) is 88.5 cm³/mol. The Bertz CT molecular complexity index is 568. The average Bonchev–Trinajstić information content (AvgIpc) is 2.52. The monoisotopic (exact) mass is 284 g/mol. The average molecular weight is 284 g/mol. The van der Waals surface area contributed by atoms with E-state index in [9.17, 15) is 4.39 Å². The molecule has 0 heterocycles. The SMILES string of the molecule is C#CCN(Cc1ccc(F)cc1)c1ccc(N)cc1.CC. The van der Waals surface area contributed by atoms with Gasteiger partial charge in [0.2, 0.25) is 0 Å². The lowest BCUT2D eigenvalue weighted by atomic mass is 10.2. The standard InChI is InChI=1S/C16H15FN2.C2H6/c1-2-11-19(16-9-7-15(18)8-10-16)12-13-3-5-14(17)6-4-13;1-2/h1,3-10H,11-12,18H2;1-2H3. The molecule has 0 aromatic heterocycles. The van der Waals surface area contributed by atoms with E-state index >= 15 is 0 Å². The molecule has 2 aromatic carbocycles. The van der Waals surface area contributed by atoms with Crippen LogP contribution in [0.2, 0.25) is 0 Å². The number of nitrogen functional groups attached to an aromatic ring is 1. The summed E-state index contributed by atoms with van der Waals surface area (Å²) in [6.45, 7) is 5.12. The zero-order valence-electron chi connectivity index (χ0n) is 12.5. The smallest absolute Gasteiger partial charge is 0.123 e. The molecule has 0 saturated carbocycles. The molecule has 0 saturated heterocycles. The Balaban J connectivity index is 0.00000106. The molecule has 21 heavy (non-hydrogen) atoms. The second-order valence-corrected chi connectivity index (χ2v) is 4.28. The van der Waals surface area contributed by atoms with Crippen LogP contribution in [0.15, 0.2) is 48.5 Å². The number of hydrogen-bond donors (Lipinski definition) is 1. The summed E-state index contributed by atoms with van der Waals surface area (Å²) in [5.74, 6) is 2.40. The van der Waals surface area contributed by atoms with Crippen molar-refractivity contribution in [2.24, 2.45) is 0 Å². The van der Waals surface area contributed by atoms with Crippen molar-refractivity contribution >= 4 is 11.4 Å². The molecular formula is C18H21FN2. The van der Waals surface area contributed by atoms with Crippen molar-refractivity contribution in [3.05, 3.63) is 59.9 Å². The Hall–Kier alpha value is -2.47. The van der Waals surface area contributed by atoms with Gasteiger partial charge in [-0.15, -0.1) is 6.42 Å². The molecule has 0 amide bonds. The third kappa shape index (κ3) is 5.19. The van der Waals surface area contributed by atoms with Gasteiger partial charge >= 0.3 is 0 Å². The Morgan fingerprint density at radius 1 is 1.05 bits per heavy atom. The molecule has 110 valence electrons. The van der Waals surface area contributed by atoms with E-state index in [2.05, 4.69) is 5.92 Å². The summed E-state index contributed by atoms with van der Waals surface area (Å²) in [4.78, 5) is 2.03. The highest BCUT2D eigenvalue weighted by Gasteiger charge is 2.06. The van der Waals surface area contributed by atoms with Gasteiger partial charge in [0.15, 0.2) is 0 Å². The molecule has 2 rings (SSSR count). The first kappa shape index (κ1) is 16.6. The van der Waals surface area contributed by atoms with Crippen LogP contribution in [0.25, 0.3) is 0 Å². The van der Waals surface area contributed by atoms with Gasteiger partial charge in [-0.3, -0.25) is 0 Å². The second kappa shape index (κ2) is 8.65. The number of anilines is 2. The summed E-state index contributed by atoms with van der Waals surface area (Å²) < 4.78 is 12.9. The molecule has 0 aliphatic heterocycles. The Kier molecular flexibility index (Phi) is 6.83. The van der Waals surface area contributed by atoms with E-state index in [1.807, 2.05) is 43.0 Å². The molecule has 0 unspecified atom stereocenters. The lowest BCUT2D eigenvalue weighted by Crippen LogP contribution is -2.22. The van der Waals surface area contributed by atoms with Gasteiger partial charge in [0.25, 0.3) is 0 Å². The lowest BCUT2D eigenvalue weighted by molar-refractivity contribution is 0.627. The van der Waals surface area contributed by atoms with Crippen molar-refractivity contribution in [1.29, 1.82) is 0 Å². The Labute approximate surface area is 126 Å². The van der Waals surface area contributed by atoms with Gasteiger partial charge < -0.3 is 10.6 Å². The van der Waals surface area contributed by atoms with Gasteiger partial charge in [-0.2, -0.15) is 0 Å². The Morgan fingerprint density at radius 2 is 1.62 bits per heavy atom. The summed E-state index contributed by atoms with van der Waals surface area (Å²) in [6, 6.07) is 13.9. The topological polar surface area (TPSA) is 29.3 Å². The van der Waals surface area contributed by atoms with Crippen LogP contribution in [-0.4, -0.2) is 6.54 Å². The van der Waals surface area contributed by atoms with E-state index in [4.69, 9.17) is 12.2 Å². The first-order valence-corrected chi connectivity index (χ1v) is 6.97. The zero-order valence-corrected chi connectivity index (χ0v) is 12.5. The van der Waals surface area contributed by atoms with E-state index < -0.39 is 0 Å². The van der Waals surface area contributed by atoms with Crippen molar-refractivity contribution in [3.8, 4) is 12.3 Å². The number of hydrogen-bond acceptors (Lipinski definition) is 2. The van der Waals surface area contributed by atoms with E-state index in [0.717, 1.165) is 11.3 Å². The van der Waals surface area contributed by atoms with Gasteiger partial charge in [0.1, 0.15) is 5.82 Å².